The maximum atomic E-state index is 4.89. The lowest BCUT2D eigenvalue weighted by atomic mass is 10.1. The largest absolute Gasteiger partial charge is 0.256 e. The first kappa shape index (κ1) is 15.2. The van der Waals surface area contributed by atoms with Gasteiger partial charge in [0.25, 0.3) is 0 Å². The smallest absolute Gasteiger partial charge is 0.0993 e. The summed E-state index contributed by atoms with van der Waals surface area (Å²) in [4.78, 5) is 18.2. The summed E-state index contributed by atoms with van der Waals surface area (Å²) in [6.45, 7) is 0. The summed E-state index contributed by atoms with van der Waals surface area (Å²) >= 11 is 0. The van der Waals surface area contributed by atoms with Crippen LogP contribution in [0.5, 0.6) is 0 Å². The van der Waals surface area contributed by atoms with Gasteiger partial charge in [-0.3, -0.25) is 15.0 Å². The number of benzene rings is 2. The van der Waals surface area contributed by atoms with Crippen molar-refractivity contribution in [3.05, 3.63) is 85.5 Å². The van der Waals surface area contributed by atoms with Crippen molar-refractivity contribution < 1.29 is 0 Å². The number of fused-ring (bicyclic) bond motifs is 6. The molecule has 0 unspecified atom stereocenters. The number of nitrogens with zero attached hydrogens (tertiary/aromatic N) is 4. The molecule has 0 saturated heterocycles. The van der Waals surface area contributed by atoms with Crippen LogP contribution in [0, 0.1) is 6.20 Å². The third-order valence-corrected chi connectivity index (χ3v) is 5.13. The van der Waals surface area contributed by atoms with Gasteiger partial charge in [-0.05, 0) is 35.0 Å². The Morgan fingerprint density at radius 2 is 1.46 bits per heavy atom. The molecule has 0 spiro atoms. The van der Waals surface area contributed by atoms with E-state index in [0.29, 0.717) is 0 Å². The van der Waals surface area contributed by atoms with E-state index < -0.39 is 0 Å². The van der Waals surface area contributed by atoms with Crippen LogP contribution in [0.1, 0.15) is 0 Å². The standard InChI is InChI=1S/C24H13N4/c1-2-16-5-6-18-12-22(27-14-20(18)23(16)26-10-1)21-8-7-17-4-3-15-9-11-25-13-19(15)24(17)28-21/h1-12,14H. The van der Waals surface area contributed by atoms with E-state index in [1.807, 2.05) is 30.6 Å². The molecule has 6 aromatic rings. The van der Waals surface area contributed by atoms with Gasteiger partial charge in [-0.1, -0.05) is 36.4 Å². The Labute approximate surface area is 160 Å². The normalized spacial score (nSPS) is 11.6. The van der Waals surface area contributed by atoms with Gasteiger partial charge in [-0.25, -0.2) is 4.98 Å². The van der Waals surface area contributed by atoms with Gasteiger partial charge < -0.3 is 0 Å². The maximum absolute atomic E-state index is 4.89. The molecular weight excluding hydrogens is 344 g/mol. The lowest BCUT2D eigenvalue weighted by molar-refractivity contribution is 1.29. The molecule has 28 heavy (non-hydrogen) atoms. The Bertz CT molecular complexity index is 1520. The van der Waals surface area contributed by atoms with Gasteiger partial charge in [0.15, 0.2) is 0 Å². The zero-order chi connectivity index (χ0) is 18.5. The molecule has 0 atom stereocenters. The fourth-order valence-corrected chi connectivity index (χ4v) is 3.73. The first-order chi connectivity index (χ1) is 13.9. The van der Waals surface area contributed by atoms with Crippen molar-refractivity contribution in [1.29, 1.82) is 0 Å². The minimum Gasteiger partial charge on any atom is -0.256 e. The Morgan fingerprint density at radius 3 is 2.43 bits per heavy atom. The molecule has 0 fully saturated rings. The van der Waals surface area contributed by atoms with Gasteiger partial charge in [-0.2, -0.15) is 0 Å². The van der Waals surface area contributed by atoms with Gasteiger partial charge in [0.2, 0.25) is 0 Å². The molecule has 6 rings (SSSR count). The quantitative estimate of drug-likeness (QED) is 0.372. The highest BCUT2D eigenvalue weighted by atomic mass is 14.8. The van der Waals surface area contributed by atoms with E-state index in [4.69, 9.17) is 4.98 Å². The topological polar surface area (TPSA) is 51.6 Å². The highest BCUT2D eigenvalue weighted by molar-refractivity contribution is 6.06. The van der Waals surface area contributed by atoms with E-state index in [9.17, 15) is 0 Å². The fourth-order valence-electron chi connectivity index (χ4n) is 3.73. The summed E-state index contributed by atoms with van der Waals surface area (Å²) < 4.78 is 0. The van der Waals surface area contributed by atoms with Crippen LogP contribution in [0.2, 0.25) is 0 Å². The lowest BCUT2D eigenvalue weighted by Gasteiger charge is -2.07. The predicted octanol–water partition coefficient (Wildman–Crippen LogP) is 5.35. The molecule has 2 aromatic carbocycles. The molecule has 0 aliphatic heterocycles. The Kier molecular flexibility index (Phi) is 3.14. The lowest BCUT2D eigenvalue weighted by Crippen LogP contribution is -1.91. The summed E-state index contributed by atoms with van der Waals surface area (Å²) in [6, 6.07) is 20.5. The molecule has 129 valence electrons. The van der Waals surface area contributed by atoms with Crippen LogP contribution in [-0.4, -0.2) is 19.9 Å². The summed E-state index contributed by atoms with van der Waals surface area (Å²) in [5.74, 6) is 0. The first-order valence-electron chi connectivity index (χ1n) is 9.07. The molecule has 0 amide bonds. The summed E-state index contributed by atoms with van der Waals surface area (Å²) in [5.41, 5.74) is 3.54. The first-order valence-corrected chi connectivity index (χ1v) is 9.07. The molecule has 0 aliphatic carbocycles. The monoisotopic (exact) mass is 357 g/mol. The van der Waals surface area contributed by atoms with Gasteiger partial charge >= 0.3 is 0 Å². The Balaban J connectivity index is 1.59. The Hall–Kier alpha value is -3.92. The number of rotatable bonds is 1. The zero-order valence-electron chi connectivity index (χ0n) is 14.8. The molecule has 1 radical (unpaired) electrons. The van der Waals surface area contributed by atoms with Crippen molar-refractivity contribution in [3.63, 3.8) is 0 Å². The van der Waals surface area contributed by atoms with Gasteiger partial charge in [0, 0.05) is 40.1 Å². The van der Waals surface area contributed by atoms with Crippen molar-refractivity contribution >= 4 is 43.4 Å². The van der Waals surface area contributed by atoms with Gasteiger partial charge in [-0.15, -0.1) is 0 Å². The van der Waals surface area contributed by atoms with Crippen molar-refractivity contribution in [3.8, 4) is 11.4 Å². The minimum absolute atomic E-state index is 0.834. The molecule has 4 heteroatoms. The van der Waals surface area contributed by atoms with E-state index in [-0.39, 0.29) is 0 Å². The van der Waals surface area contributed by atoms with E-state index >= 15 is 0 Å². The number of hydrogen-bond donors (Lipinski definition) is 0. The highest BCUT2D eigenvalue weighted by Crippen LogP contribution is 2.29. The average Bonchev–Trinajstić information content (AvgIpc) is 2.78. The molecule has 4 heterocycles. The second-order valence-corrected chi connectivity index (χ2v) is 6.79. The van der Waals surface area contributed by atoms with E-state index in [1.54, 1.807) is 6.20 Å². The number of pyridine rings is 4. The van der Waals surface area contributed by atoms with Crippen molar-refractivity contribution in [1.82, 2.24) is 19.9 Å². The molecule has 4 nitrogen and oxygen atoms in total. The van der Waals surface area contributed by atoms with Crippen molar-refractivity contribution in [2.24, 2.45) is 0 Å². The predicted molar refractivity (Wildman–Crippen MR) is 112 cm³/mol. The molecule has 0 bridgehead atoms. The SMILES string of the molecule is [c]1nccc2ccc3ccc(-c4cc5ccc6cccnc6c5cn4)nc3c12. The van der Waals surface area contributed by atoms with Crippen LogP contribution in [-0.2, 0) is 0 Å². The summed E-state index contributed by atoms with van der Waals surface area (Å²) in [6.07, 6.45) is 8.54. The summed E-state index contributed by atoms with van der Waals surface area (Å²) in [7, 11) is 0. The molecule has 0 aliphatic rings. The zero-order valence-corrected chi connectivity index (χ0v) is 14.8. The van der Waals surface area contributed by atoms with Gasteiger partial charge in [0.1, 0.15) is 0 Å². The molecule has 0 N–H and O–H groups in total. The van der Waals surface area contributed by atoms with Crippen LogP contribution in [0.4, 0.5) is 0 Å². The van der Waals surface area contributed by atoms with Crippen LogP contribution in [0.3, 0.4) is 0 Å². The van der Waals surface area contributed by atoms with Crippen LogP contribution in [0.25, 0.3) is 54.7 Å². The second kappa shape index (κ2) is 5.79. The Morgan fingerprint density at radius 1 is 0.643 bits per heavy atom. The third kappa shape index (κ3) is 2.25. The van der Waals surface area contributed by atoms with Gasteiger partial charge in [0.05, 0.1) is 28.6 Å². The van der Waals surface area contributed by atoms with Crippen LogP contribution in [0.15, 0.2) is 79.3 Å². The second-order valence-electron chi connectivity index (χ2n) is 6.79. The van der Waals surface area contributed by atoms with Crippen LogP contribution >= 0.6 is 0 Å². The van der Waals surface area contributed by atoms with Crippen molar-refractivity contribution in [2.45, 2.75) is 0 Å². The van der Waals surface area contributed by atoms with E-state index in [2.05, 4.69) is 63.6 Å². The average molecular weight is 357 g/mol. The number of hydrogen-bond acceptors (Lipinski definition) is 4. The summed E-state index contributed by atoms with van der Waals surface area (Å²) in [5, 5.41) is 6.34. The minimum atomic E-state index is 0.834. The third-order valence-electron chi connectivity index (χ3n) is 5.13. The van der Waals surface area contributed by atoms with Crippen molar-refractivity contribution in [2.75, 3.05) is 0 Å². The molecule has 4 aromatic heterocycles. The molecule has 0 saturated carbocycles. The number of aromatic nitrogens is 4. The highest BCUT2D eigenvalue weighted by Gasteiger charge is 2.09. The van der Waals surface area contributed by atoms with Crippen LogP contribution < -0.4 is 0 Å². The molecular formula is C24H13N4. The maximum Gasteiger partial charge on any atom is 0.0993 e. The van der Waals surface area contributed by atoms with E-state index in [0.717, 1.165) is 54.7 Å². The fraction of sp³-hybridized carbons (Fsp3) is 0. The van der Waals surface area contributed by atoms with E-state index in [1.165, 1.54) is 0 Å².